The zero-order valence-electron chi connectivity index (χ0n) is 28.9. The lowest BCUT2D eigenvalue weighted by Crippen LogP contribution is -2.60. The first kappa shape index (κ1) is 36.4. The minimum atomic E-state index is -3.85. The topological polar surface area (TPSA) is 184 Å². The van der Waals surface area contributed by atoms with Crippen molar-refractivity contribution in [2.45, 2.75) is 127 Å². The monoisotopic (exact) mass is 699 g/mol. The molecule has 49 heavy (non-hydrogen) atoms. The van der Waals surface area contributed by atoms with E-state index in [9.17, 15) is 32.9 Å². The number of hydrogen-bond donors (Lipinski definition) is 3. The van der Waals surface area contributed by atoms with Gasteiger partial charge in [0, 0.05) is 6.42 Å². The molecule has 14 heteroatoms. The molecule has 1 aromatic carbocycles. The second-order valence-corrected chi connectivity index (χ2v) is 16.9. The number of hydrogen-bond acceptors (Lipinski definition) is 9. The Kier molecular flexibility index (Phi) is 10.8. The molecule has 0 spiro atoms. The lowest BCUT2D eigenvalue weighted by molar-refractivity contribution is -0.142. The fraction of sp³-hybridized carbons (Fsp3) is 0.686. The first-order valence-electron chi connectivity index (χ1n) is 17.5. The van der Waals surface area contributed by atoms with Crippen LogP contribution in [0.5, 0.6) is 5.75 Å². The predicted octanol–water partition coefficient (Wildman–Crippen LogP) is 3.45. The summed E-state index contributed by atoms with van der Waals surface area (Å²) >= 11 is 0. The number of ether oxygens (including phenoxy) is 2. The number of amides is 4. The number of sulfonamides is 1. The molecule has 0 radical (unpaired) electrons. The van der Waals surface area contributed by atoms with Gasteiger partial charge in [0.2, 0.25) is 21.8 Å². The zero-order valence-corrected chi connectivity index (χ0v) is 29.7. The third-order valence-electron chi connectivity index (χ3n) is 10.1. The number of cyclic esters (lactones) is 1. The first-order valence-corrected chi connectivity index (χ1v) is 19.0. The highest BCUT2D eigenvalue weighted by Gasteiger charge is 2.62. The molecule has 2 aliphatic heterocycles. The zero-order chi connectivity index (χ0) is 35.6. The van der Waals surface area contributed by atoms with Gasteiger partial charge in [0.25, 0.3) is 5.91 Å². The minimum absolute atomic E-state index is 0.00289. The van der Waals surface area contributed by atoms with Crippen LogP contribution >= 0.6 is 0 Å². The quantitative estimate of drug-likeness (QED) is 0.400. The Morgan fingerprint density at radius 1 is 1.12 bits per heavy atom. The van der Waals surface area contributed by atoms with Crippen LogP contribution in [0.4, 0.5) is 4.79 Å². The molecule has 4 aliphatic rings. The Hall–Kier alpha value is -3.86. The standard InChI is InChI=1S/C35H49N5O8S/c1-5-24-19-35(24,32(43)39-49(45,46)26-14-15-26)38-30(41)27-18-25-21-40(27)31(42)29(34(2,3)4)37-33(44)47-16-10-8-6-7-9-11-23-13-12-22(20-36)17-28(23)48-25/h12-13,17,24-27,29H,5-11,14-16,18-19,21H2,1-4H3,(H,37,44)(H,38,41)(H,39,43)/t24-,25+,27-,29+,35+/m0/s1. The van der Waals surface area contributed by atoms with Crippen molar-refractivity contribution >= 4 is 33.8 Å². The van der Waals surface area contributed by atoms with Crippen LogP contribution in [-0.4, -0.2) is 79.3 Å². The van der Waals surface area contributed by atoms with Gasteiger partial charge in [-0.25, -0.2) is 13.2 Å². The van der Waals surface area contributed by atoms with Crippen molar-refractivity contribution in [3.05, 3.63) is 29.3 Å². The maximum atomic E-state index is 14.4. The molecular formula is C35H49N5O8S. The maximum absolute atomic E-state index is 14.4. The van der Waals surface area contributed by atoms with Crippen LogP contribution in [0, 0.1) is 22.7 Å². The van der Waals surface area contributed by atoms with E-state index in [-0.39, 0.29) is 31.9 Å². The van der Waals surface area contributed by atoms with Crippen LogP contribution in [0.2, 0.25) is 0 Å². The van der Waals surface area contributed by atoms with E-state index in [2.05, 4.69) is 21.4 Å². The Balaban J connectivity index is 1.46. The minimum Gasteiger partial charge on any atom is -0.488 e. The van der Waals surface area contributed by atoms with Gasteiger partial charge >= 0.3 is 6.09 Å². The summed E-state index contributed by atoms with van der Waals surface area (Å²) in [7, 11) is -3.85. The lowest BCUT2D eigenvalue weighted by Gasteiger charge is -2.35. The Labute approximate surface area is 288 Å². The largest absolute Gasteiger partial charge is 0.488 e. The number of fused-ring (bicyclic) bond motifs is 3. The number of rotatable bonds is 6. The van der Waals surface area contributed by atoms with Crippen LogP contribution < -0.4 is 20.1 Å². The highest BCUT2D eigenvalue weighted by Crippen LogP contribution is 2.47. The van der Waals surface area contributed by atoms with Gasteiger partial charge in [0.15, 0.2) is 0 Å². The van der Waals surface area contributed by atoms with E-state index in [0.717, 1.165) is 31.2 Å². The Bertz CT molecular complexity index is 1600. The number of carbonyl (C=O) groups is 4. The van der Waals surface area contributed by atoms with Gasteiger partial charge < -0.3 is 25.0 Å². The third-order valence-corrected chi connectivity index (χ3v) is 11.9. The molecular weight excluding hydrogens is 650 g/mol. The maximum Gasteiger partial charge on any atom is 0.407 e. The third kappa shape index (κ3) is 8.48. The molecule has 1 aromatic rings. The van der Waals surface area contributed by atoms with Crippen LogP contribution in [0.3, 0.4) is 0 Å². The first-order chi connectivity index (χ1) is 23.2. The highest BCUT2D eigenvalue weighted by molar-refractivity contribution is 7.91. The van der Waals surface area contributed by atoms with Gasteiger partial charge in [-0.1, -0.05) is 59.4 Å². The summed E-state index contributed by atoms with van der Waals surface area (Å²) in [6.45, 7) is 7.48. The molecule has 2 saturated carbocycles. The van der Waals surface area contributed by atoms with E-state index >= 15 is 0 Å². The number of carbonyl (C=O) groups excluding carboxylic acids is 4. The summed E-state index contributed by atoms with van der Waals surface area (Å²) in [5.41, 5.74) is -0.851. The molecule has 0 unspecified atom stereocenters. The summed E-state index contributed by atoms with van der Waals surface area (Å²) in [5, 5.41) is 14.6. The second kappa shape index (κ2) is 14.5. The van der Waals surface area contributed by atoms with Crippen molar-refractivity contribution in [1.82, 2.24) is 20.3 Å². The molecule has 2 heterocycles. The fourth-order valence-electron chi connectivity index (χ4n) is 6.88. The molecule has 4 amide bonds. The summed E-state index contributed by atoms with van der Waals surface area (Å²) in [6.07, 6.45) is 5.53. The van der Waals surface area contributed by atoms with Crippen molar-refractivity contribution in [3.8, 4) is 11.8 Å². The number of nitriles is 1. The van der Waals surface area contributed by atoms with E-state index in [1.807, 2.05) is 13.0 Å². The van der Waals surface area contributed by atoms with Gasteiger partial charge in [0.1, 0.15) is 29.5 Å². The number of nitrogens with zero attached hydrogens (tertiary/aromatic N) is 2. The van der Waals surface area contributed by atoms with Crippen molar-refractivity contribution < 1.29 is 37.1 Å². The number of benzene rings is 1. The summed E-state index contributed by atoms with van der Waals surface area (Å²) in [4.78, 5) is 56.3. The van der Waals surface area contributed by atoms with Gasteiger partial charge in [-0.05, 0) is 67.6 Å². The molecule has 3 N–H and O–H groups in total. The average molecular weight is 700 g/mol. The van der Waals surface area contributed by atoms with Gasteiger partial charge in [-0.3, -0.25) is 19.1 Å². The van der Waals surface area contributed by atoms with Gasteiger partial charge in [-0.2, -0.15) is 5.26 Å². The van der Waals surface area contributed by atoms with E-state index in [1.54, 1.807) is 32.9 Å². The highest BCUT2D eigenvalue weighted by atomic mass is 32.2. The predicted molar refractivity (Wildman–Crippen MR) is 180 cm³/mol. The summed E-state index contributed by atoms with van der Waals surface area (Å²) < 4.78 is 39.4. The molecule has 2 bridgehead atoms. The summed E-state index contributed by atoms with van der Waals surface area (Å²) in [5.74, 6) is -1.65. The molecule has 5 rings (SSSR count). The van der Waals surface area contributed by atoms with E-state index in [4.69, 9.17) is 9.47 Å². The van der Waals surface area contributed by atoms with Crippen molar-refractivity contribution in [2.24, 2.45) is 11.3 Å². The van der Waals surface area contributed by atoms with Crippen LogP contribution in [0.25, 0.3) is 0 Å². The van der Waals surface area contributed by atoms with Crippen LogP contribution in [-0.2, 0) is 35.6 Å². The van der Waals surface area contributed by atoms with Crippen LogP contribution in [0.15, 0.2) is 18.2 Å². The molecule has 2 aliphatic carbocycles. The second-order valence-electron chi connectivity index (χ2n) is 15.0. The van der Waals surface area contributed by atoms with E-state index in [1.165, 1.54) is 4.90 Å². The molecule has 13 nitrogen and oxygen atoms in total. The fourth-order valence-corrected chi connectivity index (χ4v) is 8.24. The van der Waals surface area contributed by atoms with E-state index < -0.39 is 68.2 Å². The number of alkyl carbamates (subject to hydrolysis) is 1. The molecule has 3 fully saturated rings. The lowest BCUT2D eigenvalue weighted by atomic mass is 9.85. The van der Waals surface area contributed by atoms with Gasteiger partial charge in [0.05, 0.1) is 30.0 Å². The molecule has 1 saturated heterocycles. The normalized spacial score (nSPS) is 28.3. The molecule has 268 valence electrons. The molecule has 0 aromatic heterocycles. The van der Waals surface area contributed by atoms with E-state index in [0.29, 0.717) is 43.4 Å². The van der Waals surface area contributed by atoms with Crippen molar-refractivity contribution in [1.29, 1.82) is 5.26 Å². The smallest absolute Gasteiger partial charge is 0.407 e. The Morgan fingerprint density at radius 3 is 2.49 bits per heavy atom. The van der Waals surface area contributed by atoms with Crippen molar-refractivity contribution in [2.75, 3.05) is 13.2 Å². The van der Waals surface area contributed by atoms with Gasteiger partial charge in [-0.15, -0.1) is 0 Å². The SMILES string of the molecule is CC[C@H]1C[C@]1(NC(=O)[C@@H]1C[C@@H]2CN1C(=O)[C@H](C(C)(C)C)NC(=O)OCCCCCCCc1ccc(C#N)cc1O2)C(=O)NS(=O)(=O)C1CC1. The number of aryl methyl sites for hydroxylation is 1. The van der Waals surface area contributed by atoms with Crippen LogP contribution in [0.1, 0.15) is 103 Å². The average Bonchev–Trinajstić information content (AvgIpc) is 3.97. The molecule has 5 atom stereocenters. The van der Waals surface area contributed by atoms with Crippen molar-refractivity contribution in [3.63, 3.8) is 0 Å². The summed E-state index contributed by atoms with van der Waals surface area (Å²) in [6, 6.07) is 5.31. The Morgan fingerprint density at radius 2 is 1.84 bits per heavy atom. The number of nitrogens with one attached hydrogen (secondary N) is 3.